The number of halogens is 1. The molecule has 13 heavy (non-hydrogen) atoms. The molecule has 2 heteroatoms. The molecule has 0 saturated heterocycles. The lowest BCUT2D eigenvalue weighted by Crippen LogP contribution is -2.01. The topological polar surface area (TPSA) is 9.23 Å². The van der Waals surface area contributed by atoms with E-state index in [1.807, 2.05) is 24.3 Å². The predicted molar refractivity (Wildman–Crippen MR) is 59.1 cm³/mol. The maximum Gasteiger partial charge on any atom is 0.133 e. The van der Waals surface area contributed by atoms with Crippen LogP contribution in [-0.2, 0) is 0 Å². The third kappa shape index (κ3) is 3.81. The van der Waals surface area contributed by atoms with Crippen LogP contribution in [0, 0.1) is 5.92 Å². The summed E-state index contributed by atoms with van der Waals surface area (Å²) in [6, 6.07) is 7.93. The fourth-order valence-electron chi connectivity index (χ4n) is 0.966. The van der Waals surface area contributed by atoms with Gasteiger partial charge in [-0.1, -0.05) is 26.0 Å². The third-order valence-electron chi connectivity index (χ3n) is 1.79. The molecule has 0 heterocycles. The largest absolute Gasteiger partial charge is 0.492 e. The van der Waals surface area contributed by atoms with Crippen LogP contribution in [0.2, 0.25) is 0 Å². The molecule has 72 valence electrons. The van der Waals surface area contributed by atoms with E-state index in [9.17, 15) is 0 Å². The van der Waals surface area contributed by atoms with Gasteiger partial charge in [0.1, 0.15) is 5.75 Å². The minimum atomic E-state index is 0.697. The molecule has 1 rings (SSSR count). The van der Waals surface area contributed by atoms with Gasteiger partial charge in [-0.3, -0.25) is 0 Å². The highest BCUT2D eigenvalue weighted by molar-refractivity contribution is 9.10. The van der Waals surface area contributed by atoms with E-state index in [-0.39, 0.29) is 0 Å². The van der Waals surface area contributed by atoms with Gasteiger partial charge in [-0.25, -0.2) is 0 Å². The van der Waals surface area contributed by atoms with Crippen molar-refractivity contribution < 1.29 is 4.74 Å². The first-order chi connectivity index (χ1) is 6.20. The molecule has 0 bridgehead atoms. The zero-order valence-corrected chi connectivity index (χ0v) is 9.67. The van der Waals surface area contributed by atoms with Crippen molar-refractivity contribution in [3.05, 3.63) is 28.7 Å². The summed E-state index contributed by atoms with van der Waals surface area (Å²) in [6.07, 6.45) is 1.10. The second-order valence-electron chi connectivity index (χ2n) is 3.46. The molecular weight excluding hydrogens is 228 g/mol. The first-order valence-corrected chi connectivity index (χ1v) is 5.37. The van der Waals surface area contributed by atoms with Crippen molar-refractivity contribution >= 4 is 15.9 Å². The molecule has 0 aliphatic rings. The van der Waals surface area contributed by atoms with Gasteiger partial charge in [0.15, 0.2) is 0 Å². The molecule has 1 nitrogen and oxygen atoms in total. The first-order valence-electron chi connectivity index (χ1n) is 4.57. The molecule has 0 atom stereocenters. The van der Waals surface area contributed by atoms with E-state index in [1.54, 1.807) is 0 Å². The molecule has 0 saturated carbocycles. The minimum Gasteiger partial charge on any atom is -0.492 e. The molecular formula is C11H15BrO. The van der Waals surface area contributed by atoms with Gasteiger partial charge in [-0.2, -0.15) is 0 Å². The molecule has 0 N–H and O–H groups in total. The second kappa shape index (κ2) is 5.28. The van der Waals surface area contributed by atoms with Crippen LogP contribution in [0.1, 0.15) is 20.3 Å². The lowest BCUT2D eigenvalue weighted by atomic mass is 10.1. The Kier molecular flexibility index (Phi) is 4.29. The summed E-state index contributed by atoms with van der Waals surface area (Å²) in [4.78, 5) is 0. The summed E-state index contributed by atoms with van der Waals surface area (Å²) in [5.74, 6) is 1.63. The van der Waals surface area contributed by atoms with Gasteiger partial charge in [0.05, 0.1) is 11.1 Å². The van der Waals surface area contributed by atoms with Gasteiger partial charge >= 0.3 is 0 Å². The standard InChI is InChI=1S/C11H15BrO/c1-9(2)7-8-13-11-6-4-3-5-10(11)12/h3-6,9H,7-8H2,1-2H3. The SMILES string of the molecule is CC(C)CCOc1ccccc1Br. The van der Waals surface area contributed by atoms with E-state index in [1.165, 1.54) is 0 Å². The zero-order chi connectivity index (χ0) is 9.68. The molecule has 0 amide bonds. The summed E-state index contributed by atoms with van der Waals surface area (Å²) in [7, 11) is 0. The summed E-state index contributed by atoms with van der Waals surface area (Å²) in [5.41, 5.74) is 0. The number of hydrogen-bond donors (Lipinski definition) is 0. The highest BCUT2D eigenvalue weighted by Gasteiger charge is 1.99. The third-order valence-corrected chi connectivity index (χ3v) is 2.44. The van der Waals surface area contributed by atoms with Gasteiger partial charge in [0.25, 0.3) is 0 Å². The number of para-hydroxylation sites is 1. The van der Waals surface area contributed by atoms with Crippen LogP contribution in [0.25, 0.3) is 0 Å². The van der Waals surface area contributed by atoms with E-state index < -0.39 is 0 Å². The van der Waals surface area contributed by atoms with Gasteiger partial charge in [-0.05, 0) is 40.4 Å². The molecule has 0 radical (unpaired) electrons. The summed E-state index contributed by atoms with van der Waals surface area (Å²) in [6.45, 7) is 5.19. The van der Waals surface area contributed by atoms with Crippen molar-refractivity contribution in [1.82, 2.24) is 0 Å². The Hall–Kier alpha value is -0.500. The molecule has 0 fully saturated rings. The Morgan fingerprint density at radius 1 is 1.31 bits per heavy atom. The maximum atomic E-state index is 5.60. The summed E-state index contributed by atoms with van der Waals surface area (Å²) < 4.78 is 6.63. The Labute approximate surface area is 88.2 Å². The predicted octanol–water partition coefficient (Wildman–Crippen LogP) is 3.87. The smallest absolute Gasteiger partial charge is 0.133 e. The fraction of sp³-hybridized carbons (Fsp3) is 0.455. The van der Waals surface area contributed by atoms with Gasteiger partial charge in [-0.15, -0.1) is 0 Å². The van der Waals surface area contributed by atoms with Crippen LogP contribution in [-0.4, -0.2) is 6.61 Å². The second-order valence-corrected chi connectivity index (χ2v) is 4.32. The molecule has 0 aromatic heterocycles. The van der Waals surface area contributed by atoms with E-state index in [4.69, 9.17) is 4.74 Å². The van der Waals surface area contributed by atoms with E-state index >= 15 is 0 Å². The quantitative estimate of drug-likeness (QED) is 0.779. The molecule has 0 spiro atoms. The van der Waals surface area contributed by atoms with Crippen molar-refractivity contribution in [2.75, 3.05) is 6.61 Å². The minimum absolute atomic E-state index is 0.697. The molecule has 1 aromatic carbocycles. The Morgan fingerprint density at radius 2 is 2.00 bits per heavy atom. The number of ether oxygens (including phenoxy) is 1. The Balaban J connectivity index is 2.41. The van der Waals surface area contributed by atoms with Crippen molar-refractivity contribution in [3.63, 3.8) is 0 Å². The lowest BCUT2D eigenvalue weighted by molar-refractivity contribution is 0.288. The summed E-state index contributed by atoms with van der Waals surface area (Å²) in [5, 5.41) is 0. The van der Waals surface area contributed by atoms with Crippen molar-refractivity contribution in [1.29, 1.82) is 0 Å². The Bertz CT molecular complexity index is 258. The molecule has 1 aromatic rings. The highest BCUT2D eigenvalue weighted by atomic mass is 79.9. The van der Waals surface area contributed by atoms with E-state index in [0.717, 1.165) is 23.2 Å². The van der Waals surface area contributed by atoms with Crippen LogP contribution < -0.4 is 4.74 Å². The maximum absolute atomic E-state index is 5.60. The fourth-order valence-corrected chi connectivity index (χ4v) is 1.37. The molecule has 0 unspecified atom stereocenters. The van der Waals surface area contributed by atoms with Crippen molar-refractivity contribution in [2.45, 2.75) is 20.3 Å². The first kappa shape index (κ1) is 10.6. The number of benzene rings is 1. The summed E-state index contributed by atoms with van der Waals surface area (Å²) >= 11 is 3.44. The molecule has 0 aliphatic heterocycles. The van der Waals surface area contributed by atoms with Crippen LogP contribution in [0.3, 0.4) is 0 Å². The van der Waals surface area contributed by atoms with E-state index in [0.29, 0.717) is 5.92 Å². The van der Waals surface area contributed by atoms with Crippen molar-refractivity contribution in [3.8, 4) is 5.75 Å². The van der Waals surface area contributed by atoms with Gasteiger partial charge < -0.3 is 4.74 Å². The Morgan fingerprint density at radius 3 is 2.62 bits per heavy atom. The van der Waals surface area contributed by atoms with Crippen LogP contribution >= 0.6 is 15.9 Å². The number of rotatable bonds is 4. The average Bonchev–Trinajstić information content (AvgIpc) is 2.08. The van der Waals surface area contributed by atoms with Crippen LogP contribution in [0.4, 0.5) is 0 Å². The number of hydrogen-bond acceptors (Lipinski definition) is 1. The van der Waals surface area contributed by atoms with Crippen molar-refractivity contribution in [2.24, 2.45) is 5.92 Å². The van der Waals surface area contributed by atoms with Crippen LogP contribution in [0.5, 0.6) is 5.75 Å². The highest BCUT2D eigenvalue weighted by Crippen LogP contribution is 2.23. The lowest BCUT2D eigenvalue weighted by Gasteiger charge is -2.08. The van der Waals surface area contributed by atoms with Gasteiger partial charge in [0, 0.05) is 0 Å². The zero-order valence-electron chi connectivity index (χ0n) is 8.09. The monoisotopic (exact) mass is 242 g/mol. The van der Waals surface area contributed by atoms with E-state index in [2.05, 4.69) is 29.8 Å². The van der Waals surface area contributed by atoms with Crippen LogP contribution in [0.15, 0.2) is 28.7 Å². The molecule has 0 aliphatic carbocycles. The average molecular weight is 243 g/mol. The normalized spacial score (nSPS) is 10.5. The van der Waals surface area contributed by atoms with Gasteiger partial charge in [0.2, 0.25) is 0 Å².